The van der Waals surface area contributed by atoms with Crippen molar-refractivity contribution in [2.24, 2.45) is 5.92 Å². The quantitative estimate of drug-likeness (QED) is 0.489. The number of halogens is 1. The van der Waals surface area contributed by atoms with Crippen molar-refractivity contribution >= 4 is 22.6 Å². The molecule has 0 bridgehead atoms. The first-order valence-corrected chi connectivity index (χ1v) is 6.77. The van der Waals surface area contributed by atoms with Crippen LogP contribution in [0.2, 0.25) is 0 Å². The molecule has 0 fully saturated rings. The number of alkyl halides is 1. The second-order valence-corrected chi connectivity index (χ2v) is 4.66. The molecule has 0 atom stereocenters. The van der Waals surface area contributed by atoms with E-state index in [9.17, 15) is 0 Å². The third-order valence-corrected chi connectivity index (χ3v) is 2.39. The maximum Gasteiger partial charge on any atom is -0.000483 e. The molecule has 0 nitrogen and oxygen atoms in total. The number of hydrogen-bond acceptors (Lipinski definition) is 0. The first kappa shape index (κ1) is 15.2. The molecule has 0 spiro atoms. The molecule has 0 heterocycles. The van der Waals surface area contributed by atoms with E-state index in [4.69, 9.17) is 0 Å². The van der Waals surface area contributed by atoms with Gasteiger partial charge in [-0.1, -0.05) is 76.0 Å². The van der Waals surface area contributed by atoms with E-state index < -0.39 is 0 Å². The van der Waals surface area contributed by atoms with E-state index in [0.29, 0.717) is 0 Å². The Labute approximate surface area is 92.7 Å². The van der Waals surface area contributed by atoms with Gasteiger partial charge in [0, 0.05) is 0 Å². The third-order valence-electron chi connectivity index (χ3n) is 1.62. The summed E-state index contributed by atoms with van der Waals surface area (Å²) < 4.78 is 1.31. The lowest BCUT2D eigenvalue weighted by Gasteiger charge is -1.98. The largest absolute Gasteiger partial charge is 0.0864 e. The Bertz CT molecular complexity index is 58.0. The van der Waals surface area contributed by atoms with Crippen LogP contribution in [0.3, 0.4) is 0 Å². The molecule has 0 unspecified atom stereocenters. The number of hydrogen-bond donors (Lipinski definition) is 0. The molecule has 0 aromatic rings. The van der Waals surface area contributed by atoms with Crippen LogP contribution in [-0.4, -0.2) is 4.43 Å². The van der Waals surface area contributed by atoms with Gasteiger partial charge in [-0.2, -0.15) is 0 Å². The molecule has 0 aromatic carbocycles. The minimum absolute atomic E-state index is 0.903. The lowest BCUT2D eigenvalue weighted by atomic mass is 10.1. The van der Waals surface area contributed by atoms with Gasteiger partial charge in [-0.25, -0.2) is 0 Å². The first-order chi connectivity index (χ1) is 5.68. The monoisotopic (exact) mass is 284 g/mol. The highest BCUT2D eigenvalue weighted by molar-refractivity contribution is 14.1. The summed E-state index contributed by atoms with van der Waals surface area (Å²) in [5, 5.41) is 0. The Morgan fingerprint density at radius 3 is 1.58 bits per heavy atom. The van der Waals surface area contributed by atoms with E-state index in [1.165, 1.54) is 36.5 Å². The highest BCUT2D eigenvalue weighted by Crippen LogP contribution is 2.04. The van der Waals surface area contributed by atoms with E-state index >= 15 is 0 Å². The van der Waals surface area contributed by atoms with Crippen molar-refractivity contribution in [3.8, 4) is 0 Å². The zero-order valence-electron chi connectivity index (χ0n) is 9.20. The summed E-state index contributed by atoms with van der Waals surface area (Å²) in [5.74, 6) is 0.903. The van der Waals surface area contributed by atoms with Crippen LogP contribution in [0.15, 0.2) is 0 Å². The Morgan fingerprint density at radius 2 is 1.50 bits per heavy atom. The van der Waals surface area contributed by atoms with E-state index in [2.05, 4.69) is 50.3 Å². The van der Waals surface area contributed by atoms with Crippen molar-refractivity contribution in [1.82, 2.24) is 0 Å². The average Bonchev–Trinajstić information content (AvgIpc) is 2.03. The van der Waals surface area contributed by atoms with Crippen molar-refractivity contribution < 1.29 is 0 Å². The van der Waals surface area contributed by atoms with Gasteiger partial charge >= 0.3 is 0 Å². The molecular formula is C11H25I. The molecule has 0 radical (unpaired) electrons. The maximum atomic E-state index is 2.39. The molecule has 1 heteroatoms. The van der Waals surface area contributed by atoms with Crippen molar-refractivity contribution in [2.75, 3.05) is 4.43 Å². The second kappa shape index (κ2) is 14.3. The van der Waals surface area contributed by atoms with Crippen LogP contribution in [0, 0.1) is 5.92 Å². The van der Waals surface area contributed by atoms with Crippen LogP contribution < -0.4 is 0 Å². The molecule has 12 heavy (non-hydrogen) atoms. The van der Waals surface area contributed by atoms with E-state index in [1.807, 2.05) is 0 Å². The fourth-order valence-electron chi connectivity index (χ4n) is 0.746. The number of unbranched alkanes of at least 4 members (excludes halogenated alkanes) is 2. The van der Waals surface area contributed by atoms with Gasteiger partial charge < -0.3 is 0 Å². The van der Waals surface area contributed by atoms with Gasteiger partial charge in [0.25, 0.3) is 0 Å². The fraction of sp³-hybridized carbons (Fsp3) is 1.00. The third kappa shape index (κ3) is 22.4. The minimum atomic E-state index is 0.903. The summed E-state index contributed by atoms with van der Waals surface area (Å²) in [4.78, 5) is 0. The second-order valence-electron chi connectivity index (χ2n) is 3.58. The SMILES string of the molecule is CCCCC(C)C.CCCCI. The van der Waals surface area contributed by atoms with Crippen molar-refractivity contribution in [3.63, 3.8) is 0 Å². The maximum absolute atomic E-state index is 2.39. The summed E-state index contributed by atoms with van der Waals surface area (Å²) in [5.41, 5.74) is 0. The molecule has 0 saturated heterocycles. The summed E-state index contributed by atoms with van der Waals surface area (Å²) in [6, 6.07) is 0. The van der Waals surface area contributed by atoms with Crippen LogP contribution in [-0.2, 0) is 0 Å². The Balaban J connectivity index is 0. The minimum Gasteiger partial charge on any atom is -0.0864 e. The van der Waals surface area contributed by atoms with Crippen LogP contribution in [0.4, 0.5) is 0 Å². The topological polar surface area (TPSA) is 0 Å². The highest BCUT2D eigenvalue weighted by atomic mass is 127. The molecule has 0 aliphatic carbocycles. The molecule has 0 amide bonds. The molecule has 0 N–H and O–H groups in total. The zero-order valence-corrected chi connectivity index (χ0v) is 11.4. The lowest BCUT2D eigenvalue weighted by Crippen LogP contribution is -1.83. The molecule has 0 aliphatic heterocycles. The predicted molar refractivity (Wildman–Crippen MR) is 68.2 cm³/mol. The molecule has 0 aromatic heterocycles. The van der Waals surface area contributed by atoms with Crippen LogP contribution >= 0.6 is 22.6 Å². The summed E-state index contributed by atoms with van der Waals surface area (Å²) in [6.45, 7) is 8.99. The normalized spacial score (nSPS) is 9.50. The van der Waals surface area contributed by atoms with Gasteiger partial charge in [0.1, 0.15) is 0 Å². The van der Waals surface area contributed by atoms with Crippen molar-refractivity contribution in [1.29, 1.82) is 0 Å². The summed E-state index contributed by atoms with van der Waals surface area (Å²) in [7, 11) is 0. The summed E-state index contributed by atoms with van der Waals surface area (Å²) in [6.07, 6.45) is 6.86. The predicted octanol–water partition coefficient (Wildman–Crippen LogP) is 5.05. The van der Waals surface area contributed by atoms with Gasteiger partial charge in [-0.05, 0) is 16.8 Å². The smallest absolute Gasteiger partial charge is 0.000483 e. The lowest BCUT2D eigenvalue weighted by molar-refractivity contribution is 0.550. The van der Waals surface area contributed by atoms with Gasteiger partial charge in [-0.3, -0.25) is 0 Å². The Hall–Kier alpha value is 0.730. The molecule has 76 valence electrons. The fourth-order valence-corrected chi connectivity index (χ4v) is 1.51. The molecule has 0 rings (SSSR count). The summed E-state index contributed by atoms with van der Waals surface area (Å²) >= 11 is 2.39. The highest BCUT2D eigenvalue weighted by Gasteiger charge is 1.88. The van der Waals surface area contributed by atoms with Gasteiger partial charge in [0.2, 0.25) is 0 Å². The molecular weight excluding hydrogens is 259 g/mol. The van der Waals surface area contributed by atoms with Gasteiger partial charge in [0.15, 0.2) is 0 Å². The molecule has 0 saturated carbocycles. The van der Waals surface area contributed by atoms with Gasteiger partial charge in [-0.15, -0.1) is 0 Å². The Kier molecular flexibility index (Phi) is 18.1. The van der Waals surface area contributed by atoms with E-state index in [1.54, 1.807) is 0 Å². The van der Waals surface area contributed by atoms with Gasteiger partial charge in [0.05, 0.1) is 0 Å². The van der Waals surface area contributed by atoms with Crippen molar-refractivity contribution in [3.05, 3.63) is 0 Å². The standard InChI is InChI=1S/C7H16.C4H9I/c1-4-5-6-7(2)3;1-2-3-4-5/h7H,4-6H2,1-3H3;2-4H2,1H3. The van der Waals surface area contributed by atoms with Crippen LogP contribution in [0.1, 0.15) is 59.8 Å². The van der Waals surface area contributed by atoms with Crippen LogP contribution in [0.25, 0.3) is 0 Å². The zero-order chi connectivity index (χ0) is 9.82. The first-order valence-electron chi connectivity index (χ1n) is 5.24. The average molecular weight is 284 g/mol. The van der Waals surface area contributed by atoms with E-state index in [-0.39, 0.29) is 0 Å². The van der Waals surface area contributed by atoms with Crippen LogP contribution in [0.5, 0.6) is 0 Å². The number of rotatable bonds is 5. The van der Waals surface area contributed by atoms with Crippen molar-refractivity contribution in [2.45, 2.75) is 59.8 Å². The van der Waals surface area contributed by atoms with E-state index in [0.717, 1.165) is 5.92 Å². The molecule has 0 aliphatic rings. The Morgan fingerprint density at radius 1 is 1.00 bits per heavy atom.